The van der Waals surface area contributed by atoms with Gasteiger partial charge in [0.1, 0.15) is 0 Å². The summed E-state index contributed by atoms with van der Waals surface area (Å²) >= 11 is 1.35. The molecule has 0 aliphatic heterocycles. The van der Waals surface area contributed by atoms with Gasteiger partial charge in [0.05, 0.1) is 11.5 Å². The van der Waals surface area contributed by atoms with Gasteiger partial charge >= 0.3 is 0 Å². The molecular formula is C18H22N2O2S. The zero-order valence-corrected chi connectivity index (χ0v) is 14.4. The van der Waals surface area contributed by atoms with Gasteiger partial charge in [0.2, 0.25) is 11.8 Å². The molecular weight excluding hydrogens is 308 g/mol. The first-order chi connectivity index (χ1) is 11.2. The molecule has 5 heteroatoms. The predicted molar refractivity (Wildman–Crippen MR) is 97.8 cm³/mol. The summed E-state index contributed by atoms with van der Waals surface area (Å²) in [5, 5.41) is 5.04. The maximum Gasteiger partial charge on any atom is 0.234 e. The molecule has 2 aromatic carbocycles. The third-order valence-electron chi connectivity index (χ3n) is 3.64. The summed E-state index contributed by atoms with van der Waals surface area (Å²) < 4.78 is 0. The van der Waals surface area contributed by atoms with Crippen molar-refractivity contribution in [2.75, 3.05) is 29.9 Å². The molecule has 122 valence electrons. The number of benzene rings is 2. The third kappa shape index (κ3) is 4.73. The maximum absolute atomic E-state index is 12.1. The Bertz CT molecular complexity index is 678. The number of nitrogens with one attached hydrogen (secondary N) is 1. The Labute approximate surface area is 141 Å². The number of nitrogens with zero attached hydrogens (tertiary/aromatic N) is 1. The molecule has 0 aromatic heterocycles. The standard InChI is InChI=1S/C18H22N2O2S/c1-3-20(4-2)18(22)13-23-12-17(21)19-16-11-7-9-14-8-5-6-10-15(14)16/h5-11H,3-4,12-13H2,1-2H3,(H,19,21). The van der Waals surface area contributed by atoms with Gasteiger partial charge in [0.25, 0.3) is 0 Å². The predicted octanol–water partition coefficient (Wildman–Crippen LogP) is 3.38. The molecule has 0 unspecified atom stereocenters. The van der Waals surface area contributed by atoms with Crippen LogP contribution in [0.3, 0.4) is 0 Å². The number of fused-ring (bicyclic) bond motifs is 1. The fourth-order valence-corrected chi connectivity index (χ4v) is 3.14. The van der Waals surface area contributed by atoms with E-state index >= 15 is 0 Å². The molecule has 0 fully saturated rings. The molecule has 2 rings (SSSR count). The maximum atomic E-state index is 12.1. The van der Waals surface area contributed by atoms with Crippen molar-refractivity contribution >= 4 is 40.0 Å². The summed E-state index contributed by atoms with van der Waals surface area (Å²) in [7, 11) is 0. The van der Waals surface area contributed by atoms with E-state index in [0.29, 0.717) is 18.8 Å². The summed E-state index contributed by atoms with van der Waals surface area (Å²) in [6, 6.07) is 13.8. The van der Waals surface area contributed by atoms with Gasteiger partial charge in [-0.05, 0) is 25.3 Å². The van der Waals surface area contributed by atoms with Gasteiger partial charge in [-0.2, -0.15) is 0 Å². The van der Waals surface area contributed by atoms with Crippen molar-refractivity contribution in [3.63, 3.8) is 0 Å². The van der Waals surface area contributed by atoms with E-state index in [4.69, 9.17) is 0 Å². The molecule has 0 aliphatic rings. The number of hydrogen-bond donors (Lipinski definition) is 1. The van der Waals surface area contributed by atoms with E-state index < -0.39 is 0 Å². The second-order valence-electron chi connectivity index (χ2n) is 5.13. The summed E-state index contributed by atoms with van der Waals surface area (Å²) in [5.41, 5.74) is 0.809. The minimum Gasteiger partial charge on any atom is -0.343 e. The van der Waals surface area contributed by atoms with Crippen molar-refractivity contribution in [2.45, 2.75) is 13.8 Å². The summed E-state index contributed by atoms with van der Waals surface area (Å²) in [6.07, 6.45) is 0. The first-order valence-electron chi connectivity index (χ1n) is 7.78. The Morgan fingerprint density at radius 1 is 1.00 bits per heavy atom. The van der Waals surface area contributed by atoms with Gasteiger partial charge in [0, 0.05) is 24.2 Å². The van der Waals surface area contributed by atoms with Crippen LogP contribution in [0.5, 0.6) is 0 Å². The number of amides is 2. The number of hydrogen-bond acceptors (Lipinski definition) is 3. The molecule has 0 radical (unpaired) electrons. The highest BCUT2D eigenvalue weighted by Gasteiger charge is 2.11. The fraction of sp³-hybridized carbons (Fsp3) is 0.333. The second kappa shape index (κ2) is 8.58. The average Bonchev–Trinajstić information content (AvgIpc) is 2.56. The Balaban J connectivity index is 1.88. The fourth-order valence-electron chi connectivity index (χ4n) is 2.42. The van der Waals surface area contributed by atoms with Crippen LogP contribution in [0.2, 0.25) is 0 Å². The molecule has 2 aromatic rings. The van der Waals surface area contributed by atoms with E-state index in [1.165, 1.54) is 11.8 Å². The lowest BCUT2D eigenvalue weighted by Crippen LogP contribution is -2.32. The topological polar surface area (TPSA) is 49.4 Å². The van der Waals surface area contributed by atoms with E-state index in [1.54, 1.807) is 4.90 Å². The smallest absolute Gasteiger partial charge is 0.234 e. The third-order valence-corrected chi connectivity index (χ3v) is 4.56. The van der Waals surface area contributed by atoms with Crippen molar-refractivity contribution in [3.05, 3.63) is 42.5 Å². The molecule has 0 saturated carbocycles. The molecule has 0 atom stereocenters. The lowest BCUT2D eigenvalue weighted by atomic mass is 10.1. The summed E-state index contributed by atoms with van der Waals surface area (Å²) in [4.78, 5) is 25.8. The van der Waals surface area contributed by atoms with Crippen LogP contribution in [0.4, 0.5) is 5.69 Å². The van der Waals surface area contributed by atoms with Crippen LogP contribution >= 0.6 is 11.8 Å². The Hall–Kier alpha value is -2.01. The largest absolute Gasteiger partial charge is 0.343 e. The van der Waals surface area contributed by atoms with Crippen molar-refractivity contribution in [1.29, 1.82) is 0 Å². The van der Waals surface area contributed by atoms with Crippen molar-refractivity contribution in [2.24, 2.45) is 0 Å². The molecule has 4 nitrogen and oxygen atoms in total. The van der Waals surface area contributed by atoms with E-state index in [2.05, 4.69) is 5.32 Å². The van der Waals surface area contributed by atoms with E-state index in [0.717, 1.165) is 16.5 Å². The van der Waals surface area contributed by atoms with Gasteiger partial charge < -0.3 is 10.2 Å². The zero-order valence-electron chi connectivity index (χ0n) is 13.5. The number of carbonyl (C=O) groups is 2. The van der Waals surface area contributed by atoms with E-state index in [-0.39, 0.29) is 17.6 Å². The van der Waals surface area contributed by atoms with Gasteiger partial charge in [-0.3, -0.25) is 9.59 Å². The monoisotopic (exact) mass is 330 g/mol. The minimum absolute atomic E-state index is 0.0814. The molecule has 0 bridgehead atoms. The highest BCUT2D eigenvalue weighted by molar-refractivity contribution is 8.00. The highest BCUT2D eigenvalue weighted by atomic mass is 32.2. The SMILES string of the molecule is CCN(CC)C(=O)CSCC(=O)Nc1cccc2ccccc12. The van der Waals surface area contributed by atoms with Crippen LogP contribution in [-0.4, -0.2) is 41.3 Å². The Morgan fingerprint density at radius 2 is 1.70 bits per heavy atom. The summed E-state index contributed by atoms with van der Waals surface area (Å²) in [5.74, 6) is 0.609. The van der Waals surface area contributed by atoms with E-state index in [1.807, 2.05) is 56.3 Å². The number of anilines is 1. The first kappa shape index (κ1) is 17.3. The number of rotatable bonds is 7. The lowest BCUT2D eigenvalue weighted by molar-refractivity contribution is -0.127. The van der Waals surface area contributed by atoms with E-state index in [9.17, 15) is 9.59 Å². The van der Waals surface area contributed by atoms with Gasteiger partial charge in [-0.15, -0.1) is 11.8 Å². The summed E-state index contributed by atoms with van der Waals surface area (Å²) in [6.45, 7) is 5.33. The molecule has 0 heterocycles. The van der Waals surface area contributed by atoms with Crippen molar-refractivity contribution in [1.82, 2.24) is 4.90 Å². The van der Waals surface area contributed by atoms with Crippen LogP contribution in [0.1, 0.15) is 13.8 Å². The molecule has 0 aliphatic carbocycles. The molecule has 23 heavy (non-hydrogen) atoms. The minimum atomic E-state index is -0.0845. The number of carbonyl (C=O) groups excluding carboxylic acids is 2. The highest BCUT2D eigenvalue weighted by Crippen LogP contribution is 2.23. The van der Waals surface area contributed by atoms with Crippen LogP contribution in [-0.2, 0) is 9.59 Å². The zero-order chi connectivity index (χ0) is 16.7. The number of thioether (sulfide) groups is 1. The Kier molecular flexibility index (Phi) is 6.47. The first-order valence-corrected chi connectivity index (χ1v) is 8.94. The van der Waals surface area contributed by atoms with Crippen molar-refractivity contribution in [3.8, 4) is 0 Å². The quantitative estimate of drug-likeness (QED) is 0.847. The van der Waals surface area contributed by atoms with Crippen LogP contribution in [0.25, 0.3) is 10.8 Å². The normalized spacial score (nSPS) is 10.5. The molecule has 0 spiro atoms. The molecule has 1 N–H and O–H groups in total. The second-order valence-corrected chi connectivity index (χ2v) is 6.12. The molecule has 0 saturated heterocycles. The lowest BCUT2D eigenvalue weighted by Gasteiger charge is -2.18. The van der Waals surface area contributed by atoms with Crippen LogP contribution < -0.4 is 5.32 Å². The molecule has 2 amide bonds. The van der Waals surface area contributed by atoms with Crippen LogP contribution in [0.15, 0.2) is 42.5 Å². The van der Waals surface area contributed by atoms with Crippen LogP contribution in [0, 0.1) is 0 Å². The average molecular weight is 330 g/mol. The van der Waals surface area contributed by atoms with Crippen molar-refractivity contribution < 1.29 is 9.59 Å². The Morgan fingerprint density at radius 3 is 2.43 bits per heavy atom. The van der Waals surface area contributed by atoms with Gasteiger partial charge in [-0.1, -0.05) is 36.4 Å². The van der Waals surface area contributed by atoms with Gasteiger partial charge in [0.15, 0.2) is 0 Å². The van der Waals surface area contributed by atoms with Gasteiger partial charge in [-0.25, -0.2) is 0 Å².